The average molecular weight is 497 g/mol. The number of carbonyl (C=O) groups excluding carboxylic acids is 2. The Balaban J connectivity index is 0.000000548. The summed E-state index contributed by atoms with van der Waals surface area (Å²) in [4.78, 5) is 28.7. The number of nitrogens with zero attached hydrogens (tertiary/aromatic N) is 4. The summed E-state index contributed by atoms with van der Waals surface area (Å²) >= 11 is 0. The van der Waals surface area contributed by atoms with Crippen molar-refractivity contribution in [2.45, 2.75) is 53.4 Å². The van der Waals surface area contributed by atoms with E-state index in [9.17, 15) is 20.0 Å². The molecule has 0 aromatic heterocycles. The van der Waals surface area contributed by atoms with Gasteiger partial charge in [-0.25, -0.2) is 9.79 Å². The minimum Gasteiger partial charge on any atom is -0.550 e. The number of nitriles is 1. The number of carbonyl (C=O) groups is 2. The molecule has 0 saturated carbocycles. The van der Waals surface area contributed by atoms with Crippen molar-refractivity contribution in [2.24, 2.45) is 10.9 Å². The van der Waals surface area contributed by atoms with Crippen molar-refractivity contribution in [2.75, 3.05) is 38.2 Å². The normalized spacial score (nSPS) is 17.1. The van der Waals surface area contributed by atoms with Crippen LogP contribution in [-0.4, -0.2) is 56.0 Å². The summed E-state index contributed by atoms with van der Waals surface area (Å²) in [6.07, 6.45) is 10.5. The number of aliphatic carboxylic acids is 1. The van der Waals surface area contributed by atoms with Gasteiger partial charge in [0.1, 0.15) is 31.0 Å². The van der Waals surface area contributed by atoms with Gasteiger partial charge in [0, 0.05) is 24.7 Å². The molecule has 1 aromatic rings. The number of esters is 1. The SMILES string of the molecule is CCCCC(CC)C(=O)[O-].CCN(CC)c1ccc(/C=C(\C#N)C(=O)OCC[N+]2(C)C=CN=C2)cc1. The number of hydrogen-bond donors (Lipinski definition) is 0. The van der Waals surface area contributed by atoms with Crippen LogP contribution >= 0.6 is 0 Å². The molecule has 0 radical (unpaired) electrons. The number of hydrogen-bond acceptors (Lipinski definition) is 7. The first-order valence-corrected chi connectivity index (χ1v) is 12.6. The van der Waals surface area contributed by atoms with Crippen LogP contribution in [0.25, 0.3) is 6.08 Å². The van der Waals surface area contributed by atoms with Gasteiger partial charge in [-0.15, -0.1) is 0 Å². The summed E-state index contributed by atoms with van der Waals surface area (Å²) in [6, 6.07) is 9.70. The van der Waals surface area contributed by atoms with Crippen molar-refractivity contribution in [3.05, 3.63) is 47.8 Å². The van der Waals surface area contributed by atoms with Crippen molar-refractivity contribution in [1.29, 1.82) is 5.26 Å². The number of unbranched alkanes of at least 4 members (excludes halogenated alkanes) is 1. The highest BCUT2D eigenvalue weighted by Gasteiger charge is 2.20. The lowest BCUT2D eigenvalue weighted by Gasteiger charge is -2.21. The third-order valence-electron chi connectivity index (χ3n) is 6.04. The molecule has 8 heteroatoms. The second kappa shape index (κ2) is 16.3. The Morgan fingerprint density at radius 1 is 1.19 bits per heavy atom. The maximum Gasteiger partial charge on any atom is 0.349 e. The maximum absolute atomic E-state index is 12.1. The zero-order chi connectivity index (χ0) is 27.0. The highest BCUT2D eigenvalue weighted by molar-refractivity contribution is 5.97. The van der Waals surface area contributed by atoms with Gasteiger partial charge in [-0.2, -0.15) is 5.26 Å². The lowest BCUT2D eigenvalue weighted by molar-refractivity contribution is -0.756. The lowest BCUT2D eigenvalue weighted by Crippen LogP contribution is -2.38. The van der Waals surface area contributed by atoms with E-state index in [1.54, 1.807) is 18.6 Å². The fourth-order valence-corrected chi connectivity index (χ4v) is 3.58. The maximum atomic E-state index is 12.1. The van der Waals surface area contributed by atoms with Gasteiger partial charge in [0.2, 0.25) is 0 Å². The molecule has 0 N–H and O–H groups in total. The molecule has 2 rings (SSSR count). The fraction of sp³-hybridized carbons (Fsp3) is 0.500. The summed E-state index contributed by atoms with van der Waals surface area (Å²) in [5, 5.41) is 19.6. The summed E-state index contributed by atoms with van der Waals surface area (Å²) in [5.74, 6) is -1.72. The third-order valence-corrected chi connectivity index (χ3v) is 6.04. The molecule has 196 valence electrons. The second-order valence-electron chi connectivity index (χ2n) is 8.77. The quantitative estimate of drug-likeness (QED) is 0.177. The highest BCUT2D eigenvalue weighted by Crippen LogP contribution is 2.17. The molecule has 0 aliphatic carbocycles. The van der Waals surface area contributed by atoms with Crippen LogP contribution in [0, 0.1) is 17.2 Å². The molecule has 0 amide bonds. The topological polar surface area (TPSA) is 106 Å². The summed E-state index contributed by atoms with van der Waals surface area (Å²) in [5.41, 5.74) is 1.91. The minimum absolute atomic E-state index is 0.00567. The summed E-state index contributed by atoms with van der Waals surface area (Å²) < 4.78 is 5.72. The number of carboxylic acids is 1. The molecule has 0 bridgehead atoms. The van der Waals surface area contributed by atoms with Gasteiger partial charge in [-0.3, -0.25) is 4.48 Å². The molecule has 1 aromatic carbocycles. The Bertz CT molecular complexity index is 945. The van der Waals surface area contributed by atoms with Gasteiger partial charge in [0.25, 0.3) is 0 Å². The van der Waals surface area contributed by atoms with Crippen LogP contribution in [0.4, 0.5) is 5.69 Å². The number of likely N-dealkylation sites (N-methyl/N-ethyl adjacent to an activating group) is 1. The number of carboxylic acid groups (broad SMARTS) is 1. The molecule has 2 atom stereocenters. The minimum atomic E-state index is -0.893. The van der Waals surface area contributed by atoms with Crippen molar-refractivity contribution >= 4 is 30.0 Å². The molecule has 8 nitrogen and oxygen atoms in total. The first-order valence-electron chi connectivity index (χ1n) is 12.6. The number of aliphatic imine (C=N–C) groups is 1. The van der Waals surface area contributed by atoms with Crippen LogP contribution in [0.5, 0.6) is 0 Å². The first kappa shape index (κ1) is 30.6. The molecule has 0 spiro atoms. The molecule has 36 heavy (non-hydrogen) atoms. The predicted octanol–water partition coefficient (Wildman–Crippen LogP) is 3.90. The van der Waals surface area contributed by atoms with Gasteiger partial charge in [0.05, 0.1) is 13.2 Å². The van der Waals surface area contributed by atoms with Crippen LogP contribution in [0.2, 0.25) is 0 Å². The zero-order valence-corrected chi connectivity index (χ0v) is 22.3. The van der Waals surface area contributed by atoms with Crippen molar-refractivity contribution < 1.29 is 23.9 Å². The Morgan fingerprint density at radius 2 is 1.86 bits per heavy atom. The molecular formula is C28H40N4O4. The largest absolute Gasteiger partial charge is 0.550 e. The average Bonchev–Trinajstić information content (AvgIpc) is 3.31. The van der Waals surface area contributed by atoms with E-state index in [4.69, 9.17) is 4.74 Å². The van der Waals surface area contributed by atoms with E-state index in [0.717, 1.165) is 43.6 Å². The monoisotopic (exact) mass is 496 g/mol. The smallest absolute Gasteiger partial charge is 0.349 e. The van der Waals surface area contributed by atoms with Gasteiger partial charge >= 0.3 is 5.97 Å². The number of anilines is 1. The Kier molecular flexibility index (Phi) is 13.8. The van der Waals surface area contributed by atoms with Crippen LogP contribution in [0.1, 0.15) is 58.9 Å². The summed E-state index contributed by atoms with van der Waals surface area (Å²) in [7, 11) is 1.96. The third kappa shape index (κ3) is 10.4. The van der Waals surface area contributed by atoms with Gasteiger partial charge in [-0.05, 0) is 56.4 Å². The van der Waals surface area contributed by atoms with Crippen LogP contribution in [-0.2, 0) is 14.3 Å². The van der Waals surface area contributed by atoms with E-state index in [2.05, 4.69) is 30.7 Å². The van der Waals surface area contributed by atoms with E-state index in [0.29, 0.717) is 17.4 Å². The molecule has 1 aliphatic rings. The number of benzene rings is 1. The van der Waals surface area contributed by atoms with Gasteiger partial charge < -0.3 is 19.5 Å². The predicted molar refractivity (Wildman–Crippen MR) is 142 cm³/mol. The second-order valence-corrected chi connectivity index (χ2v) is 8.77. The number of ether oxygens (including phenoxy) is 1. The van der Waals surface area contributed by atoms with E-state index >= 15 is 0 Å². The lowest BCUT2D eigenvalue weighted by atomic mass is 10.00. The van der Waals surface area contributed by atoms with Crippen molar-refractivity contribution in [1.82, 2.24) is 0 Å². The van der Waals surface area contributed by atoms with Crippen LogP contribution < -0.4 is 10.0 Å². The van der Waals surface area contributed by atoms with E-state index in [-0.39, 0.29) is 18.1 Å². The van der Waals surface area contributed by atoms with E-state index in [1.165, 1.54) is 0 Å². The molecule has 1 heterocycles. The Hall–Kier alpha value is -3.44. The van der Waals surface area contributed by atoms with E-state index < -0.39 is 11.9 Å². The summed E-state index contributed by atoms with van der Waals surface area (Å²) in [6.45, 7) is 10.8. The van der Waals surface area contributed by atoms with Crippen LogP contribution in [0.3, 0.4) is 0 Å². The van der Waals surface area contributed by atoms with Gasteiger partial charge in [-0.1, -0.05) is 38.8 Å². The van der Waals surface area contributed by atoms with E-state index in [1.807, 2.05) is 50.5 Å². The zero-order valence-electron chi connectivity index (χ0n) is 22.3. The standard InChI is InChI=1S/C20H25N4O2.C8H16O2/c1-4-23(5-2)19-8-6-17(7-9-19)14-18(15-21)20(25)26-13-12-24(3)11-10-22-16-24;1-3-5-6-7(4-2)8(9)10/h6-11,14,16H,4-5,12-13H2,1-3H3;7H,3-6H2,1-2H3,(H,9,10)/q+1;/p-1/b18-14+;. The van der Waals surface area contributed by atoms with Crippen molar-refractivity contribution in [3.63, 3.8) is 0 Å². The fourth-order valence-electron chi connectivity index (χ4n) is 3.58. The molecule has 2 unspecified atom stereocenters. The molecule has 0 fully saturated rings. The number of quaternary nitrogens is 1. The first-order chi connectivity index (χ1) is 17.2. The Labute approximate surface area is 215 Å². The molecule has 0 saturated heterocycles. The molecule has 1 aliphatic heterocycles. The van der Waals surface area contributed by atoms with Crippen molar-refractivity contribution in [3.8, 4) is 6.07 Å². The van der Waals surface area contributed by atoms with Gasteiger partial charge in [0.15, 0.2) is 6.34 Å². The Morgan fingerprint density at radius 3 is 2.33 bits per heavy atom. The van der Waals surface area contributed by atoms with Crippen LogP contribution in [0.15, 0.2) is 47.2 Å². The highest BCUT2D eigenvalue weighted by atomic mass is 16.5. The number of rotatable bonds is 13. The molecular weight excluding hydrogens is 456 g/mol.